The molecule has 1 saturated heterocycles. The summed E-state index contributed by atoms with van der Waals surface area (Å²) < 4.78 is 45.1. The van der Waals surface area contributed by atoms with Gasteiger partial charge in [-0.15, -0.1) is 24.8 Å². The zero-order valence-electron chi connectivity index (χ0n) is 15.2. The van der Waals surface area contributed by atoms with Crippen LogP contribution in [0.1, 0.15) is 37.0 Å². The van der Waals surface area contributed by atoms with Crippen molar-refractivity contribution in [2.75, 3.05) is 13.1 Å². The molecule has 2 atom stereocenters. The van der Waals surface area contributed by atoms with Crippen LogP contribution in [0, 0.1) is 18.8 Å². The lowest BCUT2D eigenvalue weighted by Crippen LogP contribution is -2.37. The summed E-state index contributed by atoms with van der Waals surface area (Å²) in [7, 11) is 0. The fraction of sp³-hybridized carbons (Fsp3) is 0.625. The minimum Gasteiger partial charge on any atom is -0.460 e. The van der Waals surface area contributed by atoms with Crippen molar-refractivity contribution in [1.29, 1.82) is 0 Å². The van der Waals surface area contributed by atoms with E-state index in [0.717, 1.165) is 4.90 Å². The zero-order valence-corrected chi connectivity index (χ0v) is 16.9. The molecule has 0 spiro atoms. The number of likely N-dealkylation sites (tertiary alicyclic amines) is 1. The number of rotatable bonds is 2. The van der Waals surface area contributed by atoms with Gasteiger partial charge in [0.05, 0.1) is 23.7 Å². The number of aromatic nitrogens is 2. The van der Waals surface area contributed by atoms with Crippen molar-refractivity contribution in [2.24, 2.45) is 11.8 Å². The highest BCUT2D eigenvalue weighted by molar-refractivity contribution is 5.92. The first kappa shape index (κ1) is 25.4. The van der Waals surface area contributed by atoms with Gasteiger partial charge in [-0.25, -0.2) is 4.98 Å². The van der Waals surface area contributed by atoms with Crippen molar-refractivity contribution in [1.82, 2.24) is 14.9 Å². The number of alkyl halides is 3. The number of ether oxygens (including phenoxy) is 1. The van der Waals surface area contributed by atoms with Crippen molar-refractivity contribution in [3.8, 4) is 0 Å². The molecule has 1 aromatic rings. The molecule has 0 bridgehead atoms. The van der Waals surface area contributed by atoms with Crippen LogP contribution >= 0.6 is 24.8 Å². The number of hydrogen-bond donors (Lipinski definition) is 0. The lowest BCUT2D eigenvalue weighted by Gasteiger charge is -2.25. The smallest absolute Gasteiger partial charge is 0.394 e. The molecular weight excluding hydrogens is 410 g/mol. The summed E-state index contributed by atoms with van der Waals surface area (Å²) in [4.78, 5) is 33.4. The van der Waals surface area contributed by atoms with Gasteiger partial charge in [-0.1, -0.05) is 0 Å². The first-order valence-electron chi connectivity index (χ1n) is 7.76. The highest BCUT2D eigenvalue weighted by Gasteiger charge is 2.54. The Morgan fingerprint density at radius 2 is 1.70 bits per heavy atom. The maximum atomic E-state index is 13.3. The van der Waals surface area contributed by atoms with Gasteiger partial charge in [0.1, 0.15) is 11.3 Å². The lowest BCUT2D eigenvalue weighted by atomic mass is 9.95. The Kier molecular flexibility index (Phi) is 8.51. The maximum absolute atomic E-state index is 13.3. The third-order valence-electron chi connectivity index (χ3n) is 3.74. The van der Waals surface area contributed by atoms with Crippen molar-refractivity contribution in [3.05, 3.63) is 23.8 Å². The Morgan fingerprint density at radius 3 is 2.15 bits per heavy atom. The quantitative estimate of drug-likeness (QED) is 0.672. The predicted octanol–water partition coefficient (Wildman–Crippen LogP) is 3.22. The molecule has 1 aliphatic heterocycles. The van der Waals surface area contributed by atoms with Crippen LogP contribution in [0.5, 0.6) is 0 Å². The molecule has 0 aromatic carbocycles. The number of amides is 1. The van der Waals surface area contributed by atoms with Crippen LogP contribution in [0.4, 0.5) is 13.2 Å². The van der Waals surface area contributed by atoms with E-state index in [0.29, 0.717) is 5.69 Å². The minimum atomic E-state index is -4.62. The standard InChI is InChI=1S/C16H20F3N3O3.2ClH/c1-9-5-21-12(6-20-9)13(23)22-7-10(11(8-22)16(17,18)19)14(24)25-15(2,3)4;;/h5-6,10-11H,7-8H2,1-4H3;2*1H/t10-,11-;;/m0../s1. The Bertz CT molecular complexity index is 664. The highest BCUT2D eigenvalue weighted by atomic mass is 35.5. The molecule has 6 nitrogen and oxygen atoms in total. The van der Waals surface area contributed by atoms with E-state index < -0.39 is 42.0 Å². The van der Waals surface area contributed by atoms with Crippen molar-refractivity contribution in [3.63, 3.8) is 0 Å². The number of halogens is 5. The third-order valence-corrected chi connectivity index (χ3v) is 3.74. The molecule has 27 heavy (non-hydrogen) atoms. The number of hydrogen-bond acceptors (Lipinski definition) is 5. The molecule has 0 N–H and O–H groups in total. The van der Waals surface area contributed by atoms with E-state index in [1.54, 1.807) is 27.7 Å². The van der Waals surface area contributed by atoms with Gasteiger partial charge in [-0.2, -0.15) is 13.2 Å². The van der Waals surface area contributed by atoms with Crippen LogP contribution in [-0.2, 0) is 9.53 Å². The van der Waals surface area contributed by atoms with Crippen LogP contribution < -0.4 is 0 Å². The van der Waals surface area contributed by atoms with E-state index in [9.17, 15) is 22.8 Å². The summed E-state index contributed by atoms with van der Waals surface area (Å²) >= 11 is 0. The van der Waals surface area contributed by atoms with E-state index in [4.69, 9.17) is 4.74 Å². The van der Waals surface area contributed by atoms with Crippen molar-refractivity contribution < 1.29 is 27.5 Å². The SMILES string of the molecule is Cc1cnc(C(=O)N2C[C@H](C(=O)OC(C)(C)C)[C@@H](C(F)(F)F)C2)cn1.Cl.Cl. The van der Waals surface area contributed by atoms with Gasteiger partial charge < -0.3 is 9.64 Å². The maximum Gasteiger partial charge on any atom is 0.394 e. The van der Waals surface area contributed by atoms with E-state index >= 15 is 0 Å². The highest BCUT2D eigenvalue weighted by Crippen LogP contribution is 2.39. The van der Waals surface area contributed by atoms with Gasteiger partial charge in [-0.3, -0.25) is 14.6 Å². The second-order valence-corrected chi connectivity index (χ2v) is 7.04. The predicted molar refractivity (Wildman–Crippen MR) is 96.0 cm³/mol. The number of carbonyl (C=O) groups is 2. The molecule has 2 rings (SSSR count). The summed E-state index contributed by atoms with van der Waals surface area (Å²) in [6, 6.07) is 0. The molecule has 1 fully saturated rings. The molecule has 2 heterocycles. The summed E-state index contributed by atoms with van der Waals surface area (Å²) in [6.45, 7) is 5.43. The van der Waals surface area contributed by atoms with E-state index in [1.807, 2.05) is 0 Å². The number of carbonyl (C=O) groups excluding carboxylic acids is 2. The van der Waals surface area contributed by atoms with Gasteiger partial charge in [0, 0.05) is 19.3 Å². The molecule has 11 heteroatoms. The van der Waals surface area contributed by atoms with Crippen LogP contribution in [-0.4, -0.2) is 51.6 Å². The Labute approximate surface area is 167 Å². The average Bonchev–Trinajstić information content (AvgIpc) is 2.91. The third kappa shape index (κ3) is 6.49. The normalized spacial score (nSPS) is 19.7. The van der Waals surface area contributed by atoms with Crippen LogP contribution in [0.3, 0.4) is 0 Å². The van der Waals surface area contributed by atoms with Gasteiger partial charge in [0.25, 0.3) is 5.91 Å². The molecule has 1 aliphatic rings. The minimum absolute atomic E-state index is 0. The Balaban J connectivity index is 0.00000338. The number of nitrogens with zero attached hydrogens (tertiary/aromatic N) is 3. The van der Waals surface area contributed by atoms with E-state index in [2.05, 4.69) is 9.97 Å². The second-order valence-electron chi connectivity index (χ2n) is 7.04. The Morgan fingerprint density at radius 1 is 1.11 bits per heavy atom. The topological polar surface area (TPSA) is 72.4 Å². The fourth-order valence-electron chi connectivity index (χ4n) is 2.58. The van der Waals surface area contributed by atoms with Crippen molar-refractivity contribution in [2.45, 2.75) is 39.5 Å². The molecule has 0 saturated carbocycles. The van der Waals surface area contributed by atoms with Gasteiger partial charge >= 0.3 is 12.1 Å². The monoisotopic (exact) mass is 431 g/mol. The van der Waals surface area contributed by atoms with Gasteiger partial charge in [0.2, 0.25) is 0 Å². The van der Waals surface area contributed by atoms with Crippen LogP contribution in [0.2, 0.25) is 0 Å². The summed E-state index contributed by atoms with van der Waals surface area (Å²) in [5.74, 6) is -5.07. The summed E-state index contributed by atoms with van der Waals surface area (Å²) in [6.07, 6.45) is -2.05. The van der Waals surface area contributed by atoms with E-state index in [1.165, 1.54) is 12.4 Å². The number of aryl methyl sites for hydroxylation is 1. The Hall–Kier alpha value is -1.61. The molecular formula is C16H22Cl2F3N3O3. The molecule has 0 aliphatic carbocycles. The molecule has 154 valence electrons. The molecule has 0 radical (unpaired) electrons. The van der Waals surface area contributed by atoms with Crippen LogP contribution in [0.15, 0.2) is 12.4 Å². The first-order chi connectivity index (χ1) is 11.4. The first-order valence-corrected chi connectivity index (χ1v) is 7.76. The zero-order chi connectivity index (χ0) is 19.0. The second kappa shape index (κ2) is 9.05. The molecule has 1 amide bonds. The summed E-state index contributed by atoms with van der Waals surface area (Å²) in [5, 5.41) is 0. The largest absolute Gasteiger partial charge is 0.460 e. The number of esters is 1. The van der Waals surface area contributed by atoms with Crippen molar-refractivity contribution >= 4 is 36.7 Å². The molecule has 1 aromatic heterocycles. The van der Waals surface area contributed by atoms with Gasteiger partial charge in [0.15, 0.2) is 0 Å². The lowest BCUT2D eigenvalue weighted by molar-refractivity contribution is -0.194. The summed E-state index contributed by atoms with van der Waals surface area (Å²) in [5.41, 5.74) is -0.387. The fourth-order valence-corrected chi connectivity index (χ4v) is 2.58. The van der Waals surface area contributed by atoms with E-state index in [-0.39, 0.29) is 37.1 Å². The molecule has 0 unspecified atom stereocenters. The van der Waals surface area contributed by atoms with Crippen LogP contribution in [0.25, 0.3) is 0 Å². The van der Waals surface area contributed by atoms with Gasteiger partial charge in [-0.05, 0) is 27.7 Å². The average molecular weight is 432 g/mol.